The first kappa shape index (κ1) is 19.1. The van der Waals surface area contributed by atoms with Crippen LogP contribution in [0.1, 0.15) is 33.9 Å². The Balaban J connectivity index is 2.55. The standard InChI is InChI=1S/C19H23NO4S/c1-12-11-13(2)15(4)18(14(12)3)25(22,23)20-17(19(21)24-5)16-9-7-6-8-10-16/h6-11,17,20H,1-5H3. The van der Waals surface area contributed by atoms with Crippen molar-refractivity contribution >= 4 is 16.0 Å². The van der Waals surface area contributed by atoms with Crippen LogP contribution >= 0.6 is 0 Å². The Hall–Kier alpha value is -2.18. The average molecular weight is 361 g/mol. The van der Waals surface area contributed by atoms with E-state index in [1.807, 2.05) is 19.9 Å². The summed E-state index contributed by atoms with van der Waals surface area (Å²) >= 11 is 0. The van der Waals surface area contributed by atoms with Crippen LogP contribution in [0.4, 0.5) is 0 Å². The highest BCUT2D eigenvalue weighted by Gasteiger charge is 2.30. The van der Waals surface area contributed by atoms with E-state index in [1.165, 1.54) is 7.11 Å². The number of sulfonamides is 1. The van der Waals surface area contributed by atoms with Crippen LogP contribution in [0.5, 0.6) is 0 Å². The van der Waals surface area contributed by atoms with E-state index in [1.54, 1.807) is 44.2 Å². The first-order valence-corrected chi connectivity index (χ1v) is 9.40. The molecule has 0 aliphatic heterocycles. The van der Waals surface area contributed by atoms with Gasteiger partial charge in [-0.1, -0.05) is 36.4 Å². The molecular weight excluding hydrogens is 338 g/mol. The van der Waals surface area contributed by atoms with Gasteiger partial charge in [0.15, 0.2) is 0 Å². The Kier molecular flexibility index (Phi) is 5.65. The van der Waals surface area contributed by atoms with Gasteiger partial charge < -0.3 is 4.74 Å². The van der Waals surface area contributed by atoms with Gasteiger partial charge in [0.25, 0.3) is 0 Å². The molecule has 2 aromatic rings. The van der Waals surface area contributed by atoms with E-state index in [-0.39, 0.29) is 4.90 Å². The summed E-state index contributed by atoms with van der Waals surface area (Å²) in [5, 5.41) is 0. The molecule has 1 atom stereocenters. The lowest BCUT2D eigenvalue weighted by molar-refractivity contribution is -0.142. The molecule has 134 valence electrons. The molecular formula is C19H23NO4S. The zero-order chi connectivity index (χ0) is 18.8. The number of hydrogen-bond acceptors (Lipinski definition) is 4. The Morgan fingerprint density at radius 1 is 1.00 bits per heavy atom. The fourth-order valence-electron chi connectivity index (χ4n) is 2.81. The van der Waals surface area contributed by atoms with E-state index >= 15 is 0 Å². The summed E-state index contributed by atoms with van der Waals surface area (Å²) in [6, 6.07) is 9.51. The number of carbonyl (C=O) groups excluding carboxylic acids is 1. The summed E-state index contributed by atoms with van der Waals surface area (Å²) in [5.74, 6) is -0.658. The number of nitrogens with one attached hydrogen (secondary N) is 1. The minimum atomic E-state index is -3.92. The maximum atomic E-state index is 13.1. The molecule has 1 unspecified atom stereocenters. The summed E-state index contributed by atoms with van der Waals surface area (Å²) in [6.07, 6.45) is 0. The smallest absolute Gasteiger partial charge is 0.328 e. The molecule has 0 spiro atoms. The molecule has 0 radical (unpaired) electrons. The number of rotatable bonds is 5. The Morgan fingerprint density at radius 3 is 2.00 bits per heavy atom. The Morgan fingerprint density at radius 2 is 1.52 bits per heavy atom. The van der Waals surface area contributed by atoms with Crippen molar-refractivity contribution in [1.29, 1.82) is 0 Å². The molecule has 0 aromatic heterocycles. The minimum absolute atomic E-state index is 0.217. The van der Waals surface area contributed by atoms with E-state index in [0.717, 1.165) is 11.1 Å². The first-order valence-electron chi connectivity index (χ1n) is 7.91. The van der Waals surface area contributed by atoms with Gasteiger partial charge in [0.1, 0.15) is 6.04 Å². The third-order valence-electron chi connectivity index (χ3n) is 4.41. The average Bonchev–Trinajstić information content (AvgIpc) is 2.58. The lowest BCUT2D eigenvalue weighted by Gasteiger charge is -2.20. The van der Waals surface area contributed by atoms with Crippen molar-refractivity contribution in [3.05, 3.63) is 64.2 Å². The molecule has 0 fully saturated rings. The van der Waals surface area contributed by atoms with Gasteiger partial charge >= 0.3 is 5.97 Å². The number of hydrogen-bond donors (Lipinski definition) is 1. The lowest BCUT2D eigenvalue weighted by Crippen LogP contribution is -2.35. The summed E-state index contributed by atoms with van der Waals surface area (Å²) in [4.78, 5) is 12.4. The van der Waals surface area contributed by atoms with E-state index in [2.05, 4.69) is 4.72 Å². The van der Waals surface area contributed by atoms with Crippen LogP contribution in [0.2, 0.25) is 0 Å². The highest BCUT2D eigenvalue weighted by Crippen LogP contribution is 2.27. The number of esters is 1. The van der Waals surface area contributed by atoms with Gasteiger partial charge in [-0.05, 0) is 55.5 Å². The molecule has 6 heteroatoms. The molecule has 0 bridgehead atoms. The van der Waals surface area contributed by atoms with Gasteiger partial charge in [-0.3, -0.25) is 0 Å². The summed E-state index contributed by atoms with van der Waals surface area (Å²) in [5.41, 5.74) is 3.65. The molecule has 1 N–H and O–H groups in total. The summed E-state index contributed by atoms with van der Waals surface area (Å²) in [7, 11) is -2.68. The van der Waals surface area contributed by atoms with Crippen molar-refractivity contribution in [3.63, 3.8) is 0 Å². The van der Waals surface area contributed by atoms with Crippen molar-refractivity contribution in [1.82, 2.24) is 4.72 Å². The van der Waals surface area contributed by atoms with Gasteiger partial charge in [0.05, 0.1) is 12.0 Å². The monoisotopic (exact) mass is 361 g/mol. The van der Waals surface area contributed by atoms with Crippen molar-refractivity contribution in [2.75, 3.05) is 7.11 Å². The van der Waals surface area contributed by atoms with Crippen molar-refractivity contribution in [3.8, 4) is 0 Å². The minimum Gasteiger partial charge on any atom is -0.468 e. The second kappa shape index (κ2) is 7.37. The van der Waals surface area contributed by atoms with Crippen LogP contribution in [0, 0.1) is 27.7 Å². The summed E-state index contributed by atoms with van der Waals surface area (Å²) in [6.45, 7) is 7.28. The lowest BCUT2D eigenvalue weighted by atomic mass is 10.0. The van der Waals surface area contributed by atoms with Crippen LogP contribution in [-0.4, -0.2) is 21.5 Å². The Bertz CT molecular complexity index is 863. The zero-order valence-corrected chi connectivity index (χ0v) is 15.9. The molecule has 25 heavy (non-hydrogen) atoms. The predicted molar refractivity (Wildman–Crippen MR) is 96.9 cm³/mol. The van der Waals surface area contributed by atoms with Crippen molar-refractivity contribution < 1.29 is 17.9 Å². The van der Waals surface area contributed by atoms with E-state index < -0.39 is 22.0 Å². The van der Waals surface area contributed by atoms with E-state index in [0.29, 0.717) is 16.7 Å². The number of carbonyl (C=O) groups is 1. The van der Waals surface area contributed by atoms with Crippen LogP contribution in [-0.2, 0) is 19.6 Å². The highest BCUT2D eigenvalue weighted by molar-refractivity contribution is 7.89. The molecule has 0 saturated carbocycles. The summed E-state index contributed by atoms with van der Waals surface area (Å²) < 4.78 is 33.4. The quantitative estimate of drug-likeness (QED) is 0.831. The Labute approximate surface area is 149 Å². The second-order valence-corrected chi connectivity index (χ2v) is 7.73. The predicted octanol–water partition coefficient (Wildman–Crippen LogP) is 3.11. The van der Waals surface area contributed by atoms with Gasteiger partial charge in [-0.2, -0.15) is 4.72 Å². The van der Waals surface area contributed by atoms with Crippen LogP contribution in [0.25, 0.3) is 0 Å². The van der Waals surface area contributed by atoms with Gasteiger partial charge in [0, 0.05) is 0 Å². The second-order valence-electron chi connectivity index (χ2n) is 6.08. The fourth-order valence-corrected chi connectivity index (χ4v) is 4.60. The van der Waals surface area contributed by atoms with Crippen LogP contribution < -0.4 is 4.72 Å². The first-order chi connectivity index (χ1) is 11.7. The van der Waals surface area contributed by atoms with Crippen LogP contribution in [0.3, 0.4) is 0 Å². The fraction of sp³-hybridized carbons (Fsp3) is 0.316. The topological polar surface area (TPSA) is 72.5 Å². The number of benzene rings is 2. The SMILES string of the molecule is COC(=O)C(NS(=O)(=O)c1c(C)c(C)cc(C)c1C)c1ccccc1. The highest BCUT2D eigenvalue weighted by atomic mass is 32.2. The number of ether oxygens (including phenoxy) is 1. The zero-order valence-electron chi connectivity index (χ0n) is 15.1. The maximum Gasteiger partial charge on any atom is 0.328 e. The molecule has 0 aliphatic rings. The molecule has 0 saturated heterocycles. The van der Waals surface area contributed by atoms with Crippen LogP contribution in [0.15, 0.2) is 41.3 Å². The van der Waals surface area contributed by atoms with Gasteiger partial charge in [-0.25, -0.2) is 13.2 Å². The number of aryl methyl sites for hydroxylation is 2. The van der Waals surface area contributed by atoms with Gasteiger partial charge in [0.2, 0.25) is 10.0 Å². The largest absolute Gasteiger partial charge is 0.468 e. The third kappa shape index (κ3) is 3.91. The molecule has 0 amide bonds. The maximum absolute atomic E-state index is 13.1. The van der Waals surface area contributed by atoms with E-state index in [4.69, 9.17) is 4.74 Å². The molecule has 2 rings (SSSR count). The molecule has 5 nitrogen and oxygen atoms in total. The molecule has 2 aromatic carbocycles. The normalized spacial score (nSPS) is 12.7. The van der Waals surface area contributed by atoms with Crippen molar-refractivity contribution in [2.24, 2.45) is 0 Å². The van der Waals surface area contributed by atoms with Crippen molar-refractivity contribution in [2.45, 2.75) is 38.6 Å². The number of methoxy groups -OCH3 is 1. The molecule has 0 aliphatic carbocycles. The van der Waals surface area contributed by atoms with E-state index in [9.17, 15) is 13.2 Å². The van der Waals surface area contributed by atoms with Gasteiger partial charge in [-0.15, -0.1) is 0 Å². The third-order valence-corrected chi connectivity index (χ3v) is 6.10. The molecule has 0 heterocycles.